The molecular formula is C12H15BrF2N2O. The minimum absolute atomic E-state index is 0.0755. The fourth-order valence-corrected chi connectivity index (χ4v) is 2.40. The molecule has 0 radical (unpaired) electrons. The van der Waals surface area contributed by atoms with Gasteiger partial charge in [0.15, 0.2) is 11.6 Å². The van der Waals surface area contributed by atoms with Crippen molar-refractivity contribution in [1.29, 1.82) is 0 Å². The lowest BCUT2D eigenvalue weighted by molar-refractivity contribution is 0.187. The topological polar surface area (TPSA) is 24.5 Å². The van der Waals surface area contributed by atoms with Crippen LogP contribution in [0.4, 0.5) is 8.78 Å². The van der Waals surface area contributed by atoms with E-state index in [0.717, 1.165) is 38.8 Å². The number of hydrogen-bond acceptors (Lipinski definition) is 3. The third kappa shape index (κ3) is 3.63. The number of piperazine rings is 1. The van der Waals surface area contributed by atoms with E-state index in [9.17, 15) is 8.78 Å². The molecule has 1 heterocycles. The second kappa shape index (κ2) is 6.45. The van der Waals surface area contributed by atoms with Crippen molar-refractivity contribution in [3.05, 3.63) is 28.2 Å². The summed E-state index contributed by atoms with van der Waals surface area (Å²) in [6.07, 6.45) is 0. The summed E-state index contributed by atoms with van der Waals surface area (Å²) < 4.78 is 32.0. The molecule has 0 bridgehead atoms. The lowest BCUT2D eigenvalue weighted by Crippen LogP contribution is -2.44. The van der Waals surface area contributed by atoms with Gasteiger partial charge in [0.25, 0.3) is 0 Å². The molecule has 3 nitrogen and oxygen atoms in total. The van der Waals surface area contributed by atoms with E-state index in [1.165, 1.54) is 6.07 Å². The molecule has 18 heavy (non-hydrogen) atoms. The van der Waals surface area contributed by atoms with Gasteiger partial charge in [-0.3, -0.25) is 4.90 Å². The van der Waals surface area contributed by atoms with Gasteiger partial charge in [-0.05, 0) is 22.0 Å². The molecule has 1 aromatic rings. The van der Waals surface area contributed by atoms with Gasteiger partial charge >= 0.3 is 0 Å². The fourth-order valence-electron chi connectivity index (χ4n) is 1.88. The number of nitrogens with zero attached hydrogens (tertiary/aromatic N) is 1. The summed E-state index contributed by atoms with van der Waals surface area (Å²) in [7, 11) is 0. The molecule has 1 aromatic carbocycles. The Morgan fingerprint density at radius 3 is 2.67 bits per heavy atom. The van der Waals surface area contributed by atoms with Crippen LogP contribution in [0.15, 0.2) is 16.6 Å². The van der Waals surface area contributed by atoms with E-state index in [4.69, 9.17) is 4.74 Å². The predicted octanol–water partition coefficient (Wildman–Crippen LogP) is 2.01. The van der Waals surface area contributed by atoms with Crippen LogP contribution in [-0.4, -0.2) is 44.2 Å². The monoisotopic (exact) mass is 320 g/mol. The molecule has 0 saturated carbocycles. The Morgan fingerprint density at radius 2 is 2.00 bits per heavy atom. The molecule has 0 spiro atoms. The Kier molecular flexibility index (Phi) is 4.91. The predicted molar refractivity (Wildman–Crippen MR) is 68.9 cm³/mol. The number of ether oxygens (including phenoxy) is 1. The van der Waals surface area contributed by atoms with Gasteiger partial charge < -0.3 is 10.1 Å². The van der Waals surface area contributed by atoms with Crippen molar-refractivity contribution in [3.8, 4) is 5.75 Å². The maximum Gasteiger partial charge on any atom is 0.169 e. The zero-order valence-corrected chi connectivity index (χ0v) is 11.5. The van der Waals surface area contributed by atoms with Gasteiger partial charge in [-0.25, -0.2) is 8.78 Å². The Bertz CT molecular complexity index is 388. The zero-order valence-electron chi connectivity index (χ0n) is 9.89. The lowest BCUT2D eigenvalue weighted by Gasteiger charge is -2.27. The van der Waals surface area contributed by atoms with Crippen molar-refractivity contribution in [3.63, 3.8) is 0 Å². The van der Waals surface area contributed by atoms with Crippen LogP contribution in [0.2, 0.25) is 0 Å². The Hall–Kier alpha value is -0.720. The first-order valence-electron chi connectivity index (χ1n) is 5.87. The average Bonchev–Trinajstić information content (AvgIpc) is 2.34. The van der Waals surface area contributed by atoms with Crippen LogP contribution >= 0.6 is 15.9 Å². The number of hydrogen-bond donors (Lipinski definition) is 1. The highest BCUT2D eigenvalue weighted by Crippen LogP contribution is 2.29. The summed E-state index contributed by atoms with van der Waals surface area (Å²) >= 11 is 3.10. The highest BCUT2D eigenvalue weighted by molar-refractivity contribution is 9.10. The van der Waals surface area contributed by atoms with Crippen molar-refractivity contribution in [1.82, 2.24) is 10.2 Å². The van der Waals surface area contributed by atoms with Crippen molar-refractivity contribution in [2.45, 2.75) is 0 Å². The second-order valence-electron chi connectivity index (χ2n) is 4.14. The quantitative estimate of drug-likeness (QED) is 0.918. The van der Waals surface area contributed by atoms with Gasteiger partial charge in [0.05, 0.1) is 4.47 Å². The van der Waals surface area contributed by atoms with E-state index in [-0.39, 0.29) is 5.75 Å². The van der Waals surface area contributed by atoms with Crippen LogP contribution in [-0.2, 0) is 0 Å². The largest absolute Gasteiger partial charge is 0.488 e. The molecule has 1 aliphatic rings. The van der Waals surface area contributed by atoms with Crippen molar-refractivity contribution >= 4 is 15.9 Å². The van der Waals surface area contributed by atoms with Crippen LogP contribution < -0.4 is 10.1 Å². The first kappa shape index (κ1) is 13.7. The number of nitrogens with one attached hydrogen (secondary N) is 1. The van der Waals surface area contributed by atoms with Gasteiger partial charge in [-0.2, -0.15) is 0 Å². The first-order valence-corrected chi connectivity index (χ1v) is 6.66. The van der Waals surface area contributed by atoms with Crippen molar-refractivity contribution in [2.24, 2.45) is 0 Å². The van der Waals surface area contributed by atoms with E-state index in [2.05, 4.69) is 26.1 Å². The minimum atomic E-state index is -0.679. The number of rotatable bonds is 4. The molecular weight excluding hydrogens is 306 g/mol. The Labute approximate surface area is 113 Å². The normalized spacial score (nSPS) is 16.8. The summed E-state index contributed by atoms with van der Waals surface area (Å²) in [5.74, 6) is -1.22. The molecule has 1 N–H and O–H groups in total. The molecule has 6 heteroatoms. The van der Waals surface area contributed by atoms with Crippen molar-refractivity contribution < 1.29 is 13.5 Å². The van der Waals surface area contributed by atoms with E-state index in [1.807, 2.05) is 0 Å². The smallest absolute Gasteiger partial charge is 0.169 e. The highest BCUT2D eigenvalue weighted by atomic mass is 79.9. The third-order valence-electron chi connectivity index (χ3n) is 2.83. The summed E-state index contributed by atoms with van der Waals surface area (Å²) in [4.78, 5) is 2.24. The van der Waals surface area contributed by atoms with Crippen LogP contribution in [0.3, 0.4) is 0 Å². The zero-order chi connectivity index (χ0) is 13.0. The molecule has 1 saturated heterocycles. The van der Waals surface area contributed by atoms with Crippen LogP contribution in [0.25, 0.3) is 0 Å². The fraction of sp³-hybridized carbons (Fsp3) is 0.500. The molecule has 100 valence electrons. The van der Waals surface area contributed by atoms with Gasteiger partial charge in [0.1, 0.15) is 12.4 Å². The summed E-state index contributed by atoms with van der Waals surface area (Å²) in [6.45, 7) is 5.00. The average molecular weight is 321 g/mol. The molecule has 0 aromatic heterocycles. The SMILES string of the molecule is Fc1cc(F)c(OCCN2CCNCC2)c(Br)c1. The van der Waals surface area contributed by atoms with Crippen molar-refractivity contribution in [2.75, 3.05) is 39.3 Å². The standard InChI is InChI=1S/C12H15BrF2N2O/c13-10-7-9(14)8-11(15)12(10)18-6-5-17-3-1-16-2-4-17/h7-8,16H,1-6H2. The van der Waals surface area contributed by atoms with Crippen LogP contribution in [0.5, 0.6) is 5.75 Å². The van der Waals surface area contributed by atoms with Gasteiger partial charge in [0, 0.05) is 38.8 Å². The van der Waals surface area contributed by atoms with E-state index in [1.54, 1.807) is 0 Å². The van der Waals surface area contributed by atoms with Gasteiger partial charge in [-0.15, -0.1) is 0 Å². The Morgan fingerprint density at radius 1 is 1.28 bits per heavy atom. The molecule has 1 fully saturated rings. The molecule has 0 unspecified atom stereocenters. The maximum atomic E-state index is 13.5. The summed E-state index contributed by atoms with van der Waals surface area (Å²) in [6, 6.07) is 2.02. The highest BCUT2D eigenvalue weighted by Gasteiger charge is 2.13. The van der Waals surface area contributed by atoms with Crippen LogP contribution in [0.1, 0.15) is 0 Å². The minimum Gasteiger partial charge on any atom is -0.488 e. The van der Waals surface area contributed by atoms with Gasteiger partial charge in [-0.1, -0.05) is 0 Å². The van der Waals surface area contributed by atoms with Crippen LogP contribution in [0, 0.1) is 11.6 Å². The first-order chi connectivity index (χ1) is 8.66. The summed E-state index contributed by atoms with van der Waals surface area (Å²) in [5, 5.41) is 3.26. The molecule has 1 aliphatic heterocycles. The third-order valence-corrected chi connectivity index (χ3v) is 3.42. The van der Waals surface area contributed by atoms with Gasteiger partial charge in [0.2, 0.25) is 0 Å². The van der Waals surface area contributed by atoms with E-state index in [0.29, 0.717) is 11.1 Å². The molecule has 2 rings (SSSR count). The maximum absolute atomic E-state index is 13.5. The van der Waals surface area contributed by atoms with E-state index < -0.39 is 11.6 Å². The Balaban J connectivity index is 1.86. The van der Waals surface area contributed by atoms with E-state index >= 15 is 0 Å². The second-order valence-corrected chi connectivity index (χ2v) is 4.99. The molecule has 0 amide bonds. The number of benzene rings is 1. The lowest BCUT2D eigenvalue weighted by atomic mass is 10.3. The summed E-state index contributed by atoms with van der Waals surface area (Å²) in [5.41, 5.74) is 0. The molecule has 0 aliphatic carbocycles. The number of halogens is 3. The molecule has 0 atom stereocenters.